The maximum atomic E-state index is 9.32. The second kappa shape index (κ2) is 2.64. The van der Waals surface area contributed by atoms with Crippen LogP contribution in [0.25, 0.3) is 0 Å². The highest BCUT2D eigenvalue weighted by Crippen LogP contribution is 2.14. The van der Waals surface area contributed by atoms with Gasteiger partial charge in [-0.1, -0.05) is 0 Å². The fourth-order valence-corrected chi connectivity index (χ4v) is 1.09. The summed E-state index contributed by atoms with van der Waals surface area (Å²) in [6.07, 6.45) is 2.77. The molecule has 0 aromatic rings. The summed E-state index contributed by atoms with van der Waals surface area (Å²) in [5, 5.41) is 20.8. The number of aliphatic hydroxyl groups is 2. The Morgan fingerprint density at radius 2 is 2.22 bits per heavy atom. The maximum Gasteiger partial charge on any atom is 0.139 e. The topological polar surface area (TPSA) is 52.5 Å². The molecular formula is C6H13NO2. The lowest BCUT2D eigenvalue weighted by Crippen LogP contribution is -2.51. The van der Waals surface area contributed by atoms with Crippen LogP contribution in [0.2, 0.25) is 0 Å². The predicted octanol–water partition coefficient (Wildman–Crippen LogP) is -0.559. The standard InChI is InChI=1S/C6H13NO2/c8-5-6(9)3-1-2-4-7-6/h7-9H,1-5H2. The number of rotatable bonds is 1. The Labute approximate surface area is 54.7 Å². The number of nitrogens with one attached hydrogen (secondary N) is 1. The molecule has 0 aromatic heterocycles. The summed E-state index contributed by atoms with van der Waals surface area (Å²) in [7, 11) is 0. The van der Waals surface area contributed by atoms with Gasteiger partial charge in [0.1, 0.15) is 5.72 Å². The highest BCUT2D eigenvalue weighted by atomic mass is 16.3. The number of hydrogen-bond acceptors (Lipinski definition) is 3. The van der Waals surface area contributed by atoms with E-state index in [1.165, 1.54) is 0 Å². The van der Waals surface area contributed by atoms with Crippen LogP contribution in [0.4, 0.5) is 0 Å². The number of aliphatic hydroxyl groups excluding tert-OH is 1. The summed E-state index contributed by atoms with van der Waals surface area (Å²) < 4.78 is 0. The Hall–Kier alpha value is -0.120. The Morgan fingerprint density at radius 1 is 1.44 bits per heavy atom. The Bertz CT molecular complexity index is 89.1. The van der Waals surface area contributed by atoms with Crippen LogP contribution in [0.15, 0.2) is 0 Å². The van der Waals surface area contributed by atoms with Gasteiger partial charge in [0.05, 0.1) is 6.61 Å². The fourth-order valence-electron chi connectivity index (χ4n) is 1.09. The summed E-state index contributed by atoms with van der Waals surface area (Å²) in [6.45, 7) is 0.643. The molecule has 1 rings (SSSR count). The van der Waals surface area contributed by atoms with E-state index in [4.69, 9.17) is 5.11 Å². The number of piperidine rings is 1. The molecule has 3 N–H and O–H groups in total. The van der Waals surface area contributed by atoms with Gasteiger partial charge in [-0.2, -0.15) is 0 Å². The highest BCUT2D eigenvalue weighted by Gasteiger charge is 2.26. The molecule has 1 heterocycles. The lowest BCUT2D eigenvalue weighted by Gasteiger charge is -2.31. The average molecular weight is 131 g/mol. The normalized spacial score (nSPS) is 36.7. The molecule has 3 nitrogen and oxygen atoms in total. The van der Waals surface area contributed by atoms with E-state index in [1.54, 1.807) is 0 Å². The molecule has 0 spiro atoms. The SMILES string of the molecule is OCC1(O)CCCCN1. The molecule has 0 radical (unpaired) electrons. The van der Waals surface area contributed by atoms with E-state index >= 15 is 0 Å². The van der Waals surface area contributed by atoms with Crippen LogP contribution < -0.4 is 5.32 Å². The van der Waals surface area contributed by atoms with Gasteiger partial charge in [0.15, 0.2) is 0 Å². The molecule has 0 bridgehead atoms. The van der Waals surface area contributed by atoms with Crippen molar-refractivity contribution in [3.05, 3.63) is 0 Å². The molecule has 3 heteroatoms. The van der Waals surface area contributed by atoms with Crippen molar-refractivity contribution in [3.8, 4) is 0 Å². The lowest BCUT2D eigenvalue weighted by atomic mass is 10.0. The molecule has 1 saturated heterocycles. The van der Waals surface area contributed by atoms with Crippen molar-refractivity contribution in [1.29, 1.82) is 0 Å². The molecule has 0 amide bonds. The summed E-state index contributed by atoms with van der Waals surface area (Å²) in [5.41, 5.74) is -0.974. The zero-order valence-corrected chi connectivity index (χ0v) is 5.43. The molecule has 0 saturated carbocycles. The smallest absolute Gasteiger partial charge is 0.139 e. The van der Waals surface area contributed by atoms with Crippen molar-refractivity contribution in [3.63, 3.8) is 0 Å². The van der Waals surface area contributed by atoms with E-state index in [-0.39, 0.29) is 6.61 Å². The van der Waals surface area contributed by atoms with Gasteiger partial charge in [0.2, 0.25) is 0 Å². The first-order valence-electron chi connectivity index (χ1n) is 3.35. The van der Waals surface area contributed by atoms with Gasteiger partial charge in [0.25, 0.3) is 0 Å². The first-order valence-corrected chi connectivity index (χ1v) is 3.35. The second-order valence-corrected chi connectivity index (χ2v) is 2.57. The molecule has 1 fully saturated rings. The van der Waals surface area contributed by atoms with E-state index in [0.29, 0.717) is 6.42 Å². The predicted molar refractivity (Wildman–Crippen MR) is 33.9 cm³/mol. The van der Waals surface area contributed by atoms with Gasteiger partial charge in [-0.25, -0.2) is 0 Å². The molecule has 1 unspecified atom stereocenters. The van der Waals surface area contributed by atoms with Gasteiger partial charge in [-0.3, -0.25) is 5.32 Å². The fraction of sp³-hybridized carbons (Fsp3) is 1.00. The Morgan fingerprint density at radius 3 is 2.56 bits per heavy atom. The minimum atomic E-state index is -0.974. The van der Waals surface area contributed by atoms with Crippen molar-refractivity contribution < 1.29 is 10.2 Å². The zero-order chi connectivity index (χ0) is 6.74. The first-order chi connectivity index (χ1) is 4.27. The van der Waals surface area contributed by atoms with E-state index < -0.39 is 5.72 Å². The average Bonchev–Trinajstić information content (AvgIpc) is 1.90. The number of hydrogen-bond donors (Lipinski definition) is 3. The van der Waals surface area contributed by atoms with Crippen molar-refractivity contribution >= 4 is 0 Å². The van der Waals surface area contributed by atoms with Crippen LogP contribution in [-0.4, -0.2) is 29.1 Å². The van der Waals surface area contributed by atoms with Gasteiger partial charge >= 0.3 is 0 Å². The van der Waals surface area contributed by atoms with Crippen LogP contribution in [-0.2, 0) is 0 Å². The minimum absolute atomic E-state index is 0.174. The summed E-state index contributed by atoms with van der Waals surface area (Å²) >= 11 is 0. The van der Waals surface area contributed by atoms with Crippen LogP contribution >= 0.6 is 0 Å². The Balaban J connectivity index is 2.37. The van der Waals surface area contributed by atoms with E-state index in [2.05, 4.69) is 5.32 Å². The largest absolute Gasteiger partial charge is 0.392 e. The molecule has 0 aliphatic carbocycles. The van der Waals surface area contributed by atoms with Crippen molar-refractivity contribution in [2.24, 2.45) is 0 Å². The van der Waals surface area contributed by atoms with Gasteiger partial charge < -0.3 is 10.2 Å². The Kier molecular flexibility index (Phi) is 2.05. The monoisotopic (exact) mass is 131 g/mol. The molecular weight excluding hydrogens is 118 g/mol. The minimum Gasteiger partial charge on any atom is -0.392 e. The molecule has 1 aliphatic rings. The molecule has 1 atom stereocenters. The quantitative estimate of drug-likeness (QED) is 0.447. The van der Waals surface area contributed by atoms with E-state index in [9.17, 15) is 5.11 Å². The molecule has 0 aromatic carbocycles. The highest BCUT2D eigenvalue weighted by molar-refractivity contribution is 4.78. The van der Waals surface area contributed by atoms with Crippen LogP contribution in [0.3, 0.4) is 0 Å². The molecule has 54 valence electrons. The third-order valence-corrected chi connectivity index (χ3v) is 1.73. The zero-order valence-electron chi connectivity index (χ0n) is 5.43. The summed E-state index contributed by atoms with van der Waals surface area (Å²) in [5.74, 6) is 0. The van der Waals surface area contributed by atoms with Crippen molar-refractivity contribution in [1.82, 2.24) is 5.32 Å². The van der Waals surface area contributed by atoms with Crippen LogP contribution in [0.1, 0.15) is 19.3 Å². The third-order valence-electron chi connectivity index (χ3n) is 1.73. The summed E-state index contributed by atoms with van der Waals surface area (Å²) in [6, 6.07) is 0. The second-order valence-electron chi connectivity index (χ2n) is 2.57. The van der Waals surface area contributed by atoms with Gasteiger partial charge in [0, 0.05) is 0 Å². The van der Waals surface area contributed by atoms with E-state index in [0.717, 1.165) is 19.4 Å². The summed E-state index contributed by atoms with van der Waals surface area (Å²) in [4.78, 5) is 0. The van der Waals surface area contributed by atoms with Crippen LogP contribution in [0.5, 0.6) is 0 Å². The lowest BCUT2D eigenvalue weighted by molar-refractivity contribution is -0.0613. The van der Waals surface area contributed by atoms with Crippen molar-refractivity contribution in [2.75, 3.05) is 13.2 Å². The van der Waals surface area contributed by atoms with Gasteiger partial charge in [-0.05, 0) is 25.8 Å². The van der Waals surface area contributed by atoms with Crippen molar-refractivity contribution in [2.45, 2.75) is 25.0 Å². The first kappa shape index (κ1) is 6.99. The van der Waals surface area contributed by atoms with Gasteiger partial charge in [-0.15, -0.1) is 0 Å². The maximum absolute atomic E-state index is 9.32. The third kappa shape index (κ3) is 1.64. The molecule has 1 aliphatic heterocycles. The van der Waals surface area contributed by atoms with E-state index in [1.807, 2.05) is 0 Å². The molecule has 9 heavy (non-hydrogen) atoms. The van der Waals surface area contributed by atoms with Crippen LogP contribution in [0, 0.1) is 0 Å².